The summed E-state index contributed by atoms with van der Waals surface area (Å²) in [6.45, 7) is 3.99. The summed E-state index contributed by atoms with van der Waals surface area (Å²) in [6.07, 6.45) is 5.28. The maximum atomic E-state index is 11.6. The molecule has 118 valence electrons. The highest BCUT2D eigenvalue weighted by atomic mass is 16.5. The van der Waals surface area contributed by atoms with E-state index in [1.54, 1.807) is 12.3 Å². The number of hydrogen-bond donors (Lipinski definition) is 0. The molecule has 2 heterocycles. The normalized spacial score (nSPS) is 17.3. The van der Waals surface area contributed by atoms with Gasteiger partial charge in [0.25, 0.3) is 0 Å². The lowest BCUT2D eigenvalue weighted by Gasteiger charge is -2.32. The SMILES string of the molecule is COC(=O)c1ccoc1CN1CCC(CCN(C)C)CC1. The van der Waals surface area contributed by atoms with Crippen molar-refractivity contribution in [3.63, 3.8) is 0 Å². The van der Waals surface area contributed by atoms with Crippen LogP contribution < -0.4 is 0 Å². The first-order valence-electron chi connectivity index (χ1n) is 7.62. The quantitative estimate of drug-likeness (QED) is 0.753. The van der Waals surface area contributed by atoms with Crippen molar-refractivity contribution in [2.45, 2.75) is 25.8 Å². The Hall–Kier alpha value is -1.33. The monoisotopic (exact) mass is 294 g/mol. The molecule has 0 bridgehead atoms. The second-order valence-electron chi connectivity index (χ2n) is 6.06. The third-order valence-electron chi connectivity index (χ3n) is 4.21. The molecule has 1 aromatic heterocycles. The predicted molar refractivity (Wildman–Crippen MR) is 81.2 cm³/mol. The fourth-order valence-electron chi connectivity index (χ4n) is 2.83. The van der Waals surface area contributed by atoms with Gasteiger partial charge in [0, 0.05) is 0 Å². The Kier molecular flexibility index (Phi) is 5.82. The van der Waals surface area contributed by atoms with Gasteiger partial charge in [-0.2, -0.15) is 0 Å². The maximum absolute atomic E-state index is 11.6. The van der Waals surface area contributed by atoms with Crippen molar-refractivity contribution in [1.29, 1.82) is 0 Å². The maximum Gasteiger partial charge on any atom is 0.341 e. The Bertz CT molecular complexity index is 448. The lowest BCUT2D eigenvalue weighted by atomic mass is 9.93. The first-order chi connectivity index (χ1) is 10.1. The molecule has 0 aromatic carbocycles. The summed E-state index contributed by atoms with van der Waals surface area (Å²) in [7, 11) is 5.65. The zero-order chi connectivity index (χ0) is 15.2. The first-order valence-corrected chi connectivity index (χ1v) is 7.62. The number of furan rings is 1. The van der Waals surface area contributed by atoms with Crippen molar-refractivity contribution in [2.24, 2.45) is 5.92 Å². The van der Waals surface area contributed by atoms with E-state index in [1.165, 1.54) is 26.4 Å². The summed E-state index contributed by atoms with van der Waals surface area (Å²) in [5.74, 6) is 1.22. The number of hydrogen-bond acceptors (Lipinski definition) is 5. The molecule has 0 amide bonds. The van der Waals surface area contributed by atoms with E-state index in [0.717, 1.165) is 25.6 Å². The Morgan fingerprint density at radius 3 is 2.76 bits per heavy atom. The summed E-state index contributed by atoms with van der Waals surface area (Å²) >= 11 is 0. The van der Waals surface area contributed by atoms with Crippen LogP contribution in [-0.2, 0) is 11.3 Å². The van der Waals surface area contributed by atoms with Gasteiger partial charge < -0.3 is 14.1 Å². The van der Waals surface area contributed by atoms with Gasteiger partial charge in [-0.1, -0.05) is 0 Å². The molecule has 1 aliphatic rings. The number of nitrogens with zero attached hydrogens (tertiary/aromatic N) is 2. The van der Waals surface area contributed by atoms with E-state index < -0.39 is 0 Å². The number of carbonyl (C=O) groups excluding carboxylic acids is 1. The minimum Gasteiger partial charge on any atom is -0.467 e. The van der Waals surface area contributed by atoms with Gasteiger partial charge in [0.05, 0.1) is 19.9 Å². The van der Waals surface area contributed by atoms with Crippen molar-refractivity contribution in [2.75, 3.05) is 40.8 Å². The molecule has 0 aliphatic carbocycles. The standard InChI is InChI=1S/C16H26N2O3/c1-17(2)8-4-13-5-9-18(10-6-13)12-15-14(7-11-21-15)16(19)20-3/h7,11,13H,4-6,8-10,12H2,1-3H3. The van der Waals surface area contributed by atoms with Gasteiger partial charge in [-0.05, 0) is 65.0 Å². The predicted octanol–water partition coefficient (Wildman–Crippen LogP) is 2.23. The fraction of sp³-hybridized carbons (Fsp3) is 0.688. The van der Waals surface area contributed by atoms with Crippen molar-refractivity contribution in [1.82, 2.24) is 9.80 Å². The molecule has 0 atom stereocenters. The van der Waals surface area contributed by atoms with Crippen molar-refractivity contribution >= 4 is 5.97 Å². The number of piperidine rings is 1. The second-order valence-corrected chi connectivity index (χ2v) is 6.06. The zero-order valence-electron chi connectivity index (χ0n) is 13.3. The lowest BCUT2D eigenvalue weighted by molar-refractivity contribution is 0.0595. The number of carbonyl (C=O) groups is 1. The highest BCUT2D eigenvalue weighted by Gasteiger charge is 2.22. The third kappa shape index (κ3) is 4.58. The second kappa shape index (κ2) is 7.61. The van der Waals surface area contributed by atoms with E-state index in [9.17, 15) is 4.79 Å². The topological polar surface area (TPSA) is 45.9 Å². The molecule has 1 fully saturated rings. The van der Waals surface area contributed by atoms with Crippen LogP contribution in [0.15, 0.2) is 16.7 Å². The molecular formula is C16H26N2O3. The summed E-state index contributed by atoms with van der Waals surface area (Å²) < 4.78 is 10.2. The largest absolute Gasteiger partial charge is 0.467 e. The van der Waals surface area contributed by atoms with Crippen LogP contribution in [0.25, 0.3) is 0 Å². The van der Waals surface area contributed by atoms with Crippen LogP contribution in [0, 0.1) is 5.92 Å². The van der Waals surface area contributed by atoms with E-state index in [0.29, 0.717) is 17.9 Å². The number of methoxy groups -OCH3 is 1. The number of rotatable bonds is 6. The van der Waals surface area contributed by atoms with Crippen LogP contribution in [0.3, 0.4) is 0 Å². The number of likely N-dealkylation sites (tertiary alicyclic amines) is 1. The minimum absolute atomic E-state index is 0.320. The van der Waals surface area contributed by atoms with Gasteiger partial charge >= 0.3 is 5.97 Å². The third-order valence-corrected chi connectivity index (χ3v) is 4.21. The van der Waals surface area contributed by atoms with Crippen LogP contribution in [0.5, 0.6) is 0 Å². The average Bonchev–Trinajstić information content (AvgIpc) is 2.94. The molecule has 2 rings (SSSR count). The van der Waals surface area contributed by atoms with E-state index in [2.05, 4.69) is 23.9 Å². The van der Waals surface area contributed by atoms with E-state index in [1.807, 2.05) is 0 Å². The lowest BCUT2D eigenvalue weighted by Crippen LogP contribution is -2.34. The summed E-state index contributed by atoms with van der Waals surface area (Å²) in [4.78, 5) is 16.2. The molecule has 1 saturated heterocycles. The molecule has 0 unspecified atom stereocenters. The van der Waals surface area contributed by atoms with Crippen LogP contribution in [-0.4, -0.2) is 56.6 Å². The molecule has 0 N–H and O–H groups in total. The van der Waals surface area contributed by atoms with Crippen molar-refractivity contribution in [3.8, 4) is 0 Å². The van der Waals surface area contributed by atoms with Gasteiger partial charge in [-0.3, -0.25) is 4.90 Å². The molecule has 5 heteroatoms. The average molecular weight is 294 g/mol. The first kappa shape index (κ1) is 16.0. The van der Waals surface area contributed by atoms with Gasteiger partial charge in [-0.25, -0.2) is 4.79 Å². The summed E-state index contributed by atoms with van der Waals surface area (Å²) in [5, 5.41) is 0. The zero-order valence-corrected chi connectivity index (χ0v) is 13.3. The van der Waals surface area contributed by atoms with Gasteiger partial charge in [0.1, 0.15) is 11.3 Å². The van der Waals surface area contributed by atoms with Gasteiger partial charge in [0.2, 0.25) is 0 Å². The molecule has 5 nitrogen and oxygen atoms in total. The van der Waals surface area contributed by atoms with Crippen LogP contribution >= 0.6 is 0 Å². The number of ether oxygens (including phenoxy) is 1. The fourth-order valence-corrected chi connectivity index (χ4v) is 2.83. The smallest absolute Gasteiger partial charge is 0.341 e. The Morgan fingerprint density at radius 1 is 1.43 bits per heavy atom. The molecule has 1 aliphatic heterocycles. The summed E-state index contributed by atoms with van der Waals surface area (Å²) in [5.41, 5.74) is 0.548. The molecule has 0 radical (unpaired) electrons. The van der Waals surface area contributed by atoms with Crippen molar-refractivity contribution in [3.05, 3.63) is 23.7 Å². The molecule has 0 saturated carbocycles. The Balaban J connectivity index is 1.81. The van der Waals surface area contributed by atoms with Gasteiger partial charge in [-0.15, -0.1) is 0 Å². The summed E-state index contributed by atoms with van der Waals surface area (Å²) in [6, 6.07) is 1.69. The van der Waals surface area contributed by atoms with Crippen LogP contribution in [0.2, 0.25) is 0 Å². The van der Waals surface area contributed by atoms with Crippen LogP contribution in [0.1, 0.15) is 35.4 Å². The highest BCUT2D eigenvalue weighted by molar-refractivity contribution is 5.90. The molecule has 0 spiro atoms. The highest BCUT2D eigenvalue weighted by Crippen LogP contribution is 2.23. The van der Waals surface area contributed by atoms with E-state index in [4.69, 9.17) is 9.15 Å². The molecular weight excluding hydrogens is 268 g/mol. The van der Waals surface area contributed by atoms with E-state index in [-0.39, 0.29) is 5.97 Å². The van der Waals surface area contributed by atoms with Crippen molar-refractivity contribution < 1.29 is 13.9 Å². The van der Waals surface area contributed by atoms with Crippen LogP contribution in [0.4, 0.5) is 0 Å². The number of esters is 1. The van der Waals surface area contributed by atoms with E-state index >= 15 is 0 Å². The molecule has 21 heavy (non-hydrogen) atoms. The minimum atomic E-state index is -0.320. The Morgan fingerprint density at radius 2 is 2.14 bits per heavy atom. The Labute approximate surface area is 126 Å². The van der Waals surface area contributed by atoms with Gasteiger partial charge in [0.15, 0.2) is 0 Å². The molecule has 1 aromatic rings.